The summed E-state index contributed by atoms with van der Waals surface area (Å²) in [5, 5.41) is 3.90. The van der Waals surface area contributed by atoms with Crippen LogP contribution in [0.5, 0.6) is 0 Å². The van der Waals surface area contributed by atoms with Crippen molar-refractivity contribution in [3.63, 3.8) is 0 Å². The van der Waals surface area contributed by atoms with Crippen molar-refractivity contribution in [3.8, 4) is 0 Å². The van der Waals surface area contributed by atoms with Gasteiger partial charge in [0.05, 0.1) is 18.7 Å². The summed E-state index contributed by atoms with van der Waals surface area (Å²) >= 11 is 0. The largest absolute Gasteiger partial charge is 0.466 e. The van der Waals surface area contributed by atoms with Gasteiger partial charge in [0.1, 0.15) is 0 Å². The van der Waals surface area contributed by atoms with Crippen molar-refractivity contribution in [1.82, 2.24) is 9.78 Å². The van der Waals surface area contributed by atoms with E-state index in [1.807, 2.05) is 0 Å². The highest BCUT2D eigenvalue weighted by Crippen LogP contribution is 1.93. The first kappa shape index (κ1) is 10.4. The van der Waals surface area contributed by atoms with Crippen LogP contribution in [-0.4, -0.2) is 22.4 Å². The van der Waals surface area contributed by atoms with Crippen LogP contribution in [0.25, 0.3) is 0 Å². The smallest absolute Gasteiger partial charge is 0.311 e. The fraction of sp³-hybridized carbons (Fsp3) is 0.444. The third-order valence-electron chi connectivity index (χ3n) is 1.65. The second-order valence-electron chi connectivity index (χ2n) is 2.77. The van der Waals surface area contributed by atoms with Crippen molar-refractivity contribution >= 4 is 5.97 Å². The molecule has 0 bridgehead atoms. The number of esters is 1. The lowest BCUT2D eigenvalue weighted by Gasteiger charge is -2.02. The molecule has 0 aromatic carbocycles. The molecule has 0 aliphatic rings. The molecule has 5 nitrogen and oxygen atoms in total. The normalized spacial score (nSPS) is 9.86. The summed E-state index contributed by atoms with van der Waals surface area (Å²) in [4.78, 5) is 22.0. The van der Waals surface area contributed by atoms with Crippen LogP contribution in [0.15, 0.2) is 16.9 Å². The van der Waals surface area contributed by atoms with Gasteiger partial charge in [-0.3, -0.25) is 9.59 Å². The average molecular weight is 196 g/mol. The lowest BCUT2D eigenvalue weighted by Crippen LogP contribution is -2.20. The van der Waals surface area contributed by atoms with E-state index < -0.39 is 0 Å². The predicted molar refractivity (Wildman–Crippen MR) is 49.8 cm³/mol. The molecule has 0 amide bonds. The Bertz CT molecular complexity index is 384. The zero-order chi connectivity index (χ0) is 10.6. The van der Waals surface area contributed by atoms with Crippen LogP contribution < -0.4 is 5.56 Å². The van der Waals surface area contributed by atoms with Gasteiger partial charge in [0, 0.05) is 13.1 Å². The molecule has 0 saturated heterocycles. The maximum absolute atomic E-state index is 11.1. The van der Waals surface area contributed by atoms with E-state index in [1.165, 1.54) is 23.9 Å². The Labute approximate surface area is 81.3 Å². The standard InChI is InChI=1S/C9H12N2O3/c1-3-14-9(13)6-7-4-5-8(12)11(2)10-7/h4-5H,3,6H2,1-2H3. The zero-order valence-corrected chi connectivity index (χ0v) is 8.19. The first-order valence-electron chi connectivity index (χ1n) is 4.32. The van der Waals surface area contributed by atoms with Crippen molar-refractivity contribution in [2.24, 2.45) is 7.05 Å². The minimum atomic E-state index is -0.335. The first-order valence-corrected chi connectivity index (χ1v) is 4.32. The van der Waals surface area contributed by atoms with E-state index in [0.29, 0.717) is 12.3 Å². The van der Waals surface area contributed by atoms with Crippen molar-refractivity contribution in [3.05, 3.63) is 28.2 Å². The Morgan fingerprint density at radius 2 is 2.29 bits per heavy atom. The molecular weight excluding hydrogens is 184 g/mol. The van der Waals surface area contributed by atoms with Gasteiger partial charge in [0.2, 0.25) is 0 Å². The molecule has 0 N–H and O–H groups in total. The average Bonchev–Trinajstić information content (AvgIpc) is 2.12. The van der Waals surface area contributed by atoms with E-state index in [2.05, 4.69) is 5.10 Å². The van der Waals surface area contributed by atoms with E-state index >= 15 is 0 Å². The monoisotopic (exact) mass is 196 g/mol. The molecule has 1 aromatic heterocycles. The number of aromatic nitrogens is 2. The van der Waals surface area contributed by atoms with Gasteiger partial charge in [-0.2, -0.15) is 5.10 Å². The summed E-state index contributed by atoms with van der Waals surface area (Å²) in [7, 11) is 1.54. The van der Waals surface area contributed by atoms with E-state index in [9.17, 15) is 9.59 Å². The lowest BCUT2D eigenvalue weighted by atomic mass is 10.3. The maximum atomic E-state index is 11.1. The third kappa shape index (κ3) is 2.69. The summed E-state index contributed by atoms with van der Waals surface area (Å²) in [6.45, 7) is 2.09. The predicted octanol–water partition coefficient (Wildman–Crippen LogP) is -0.114. The van der Waals surface area contributed by atoms with Crippen LogP contribution in [0.1, 0.15) is 12.6 Å². The number of nitrogens with zero attached hydrogens (tertiary/aromatic N) is 2. The van der Waals surface area contributed by atoms with Gasteiger partial charge in [0.25, 0.3) is 5.56 Å². The van der Waals surface area contributed by atoms with Crippen molar-refractivity contribution < 1.29 is 9.53 Å². The lowest BCUT2D eigenvalue weighted by molar-refractivity contribution is -0.142. The maximum Gasteiger partial charge on any atom is 0.311 e. The SMILES string of the molecule is CCOC(=O)Cc1ccc(=O)n(C)n1. The summed E-state index contributed by atoms with van der Waals surface area (Å²) in [5.41, 5.74) is 0.336. The molecule has 0 unspecified atom stereocenters. The number of hydrogen-bond acceptors (Lipinski definition) is 4. The minimum Gasteiger partial charge on any atom is -0.466 e. The summed E-state index contributed by atoms with van der Waals surface area (Å²) in [6, 6.07) is 2.90. The molecule has 5 heteroatoms. The van der Waals surface area contributed by atoms with Gasteiger partial charge in [-0.1, -0.05) is 0 Å². The Balaban J connectivity index is 2.73. The molecule has 0 aliphatic carbocycles. The van der Waals surface area contributed by atoms with Crippen molar-refractivity contribution in [2.45, 2.75) is 13.3 Å². The quantitative estimate of drug-likeness (QED) is 0.632. The minimum absolute atomic E-state index is 0.0992. The Morgan fingerprint density at radius 3 is 2.86 bits per heavy atom. The molecule has 0 saturated carbocycles. The summed E-state index contributed by atoms with van der Waals surface area (Å²) < 4.78 is 5.94. The molecule has 0 spiro atoms. The van der Waals surface area contributed by atoms with Crippen molar-refractivity contribution in [2.75, 3.05) is 6.61 Å². The first-order chi connectivity index (χ1) is 6.63. The number of rotatable bonds is 3. The van der Waals surface area contributed by atoms with E-state index in [1.54, 1.807) is 6.92 Å². The molecule has 0 fully saturated rings. The topological polar surface area (TPSA) is 61.2 Å². The van der Waals surface area contributed by atoms with Crippen LogP contribution in [0.3, 0.4) is 0 Å². The second kappa shape index (κ2) is 4.55. The third-order valence-corrected chi connectivity index (χ3v) is 1.65. The Hall–Kier alpha value is -1.65. The molecule has 1 rings (SSSR count). The molecule has 0 aliphatic heterocycles. The van der Waals surface area contributed by atoms with Gasteiger partial charge in [0.15, 0.2) is 0 Å². The highest BCUT2D eigenvalue weighted by Gasteiger charge is 2.05. The number of ether oxygens (including phenoxy) is 1. The zero-order valence-electron chi connectivity index (χ0n) is 8.19. The van der Waals surface area contributed by atoms with E-state index in [-0.39, 0.29) is 17.9 Å². The summed E-state index contributed by atoms with van der Waals surface area (Å²) in [5.74, 6) is -0.335. The van der Waals surface area contributed by atoms with E-state index in [0.717, 1.165) is 0 Å². The van der Waals surface area contributed by atoms with Crippen molar-refractivity contribution in [1.29, 1.82) is 0 Å². The molecule has 14 heavy (non-hydrogen) atoms. The number of carbonyl (C=O) groups excluding carboxylic acids is 1. The van der Waals surface area contributed by atoms with Gasteiger partial charge in [-0.25, -0.2) is 4.68 Å². The van der Waals surface area contributed by atoms with Gasteiger partial charge in [-0.15, -0.1) is 0 Å². The fourth-order valence-electron chi connectivity index (χ4n) is 1.00. The van der Waals surface area contributed by atoms with Crippen LogP contribution >= 0.6 is 0 Å². The van der Waals surface area contributed by atoms with Gasteiger partial charge >= 0.3 is 5.97 Å². The molecule has 0 radical (unpaired) electrons. The molecule has 76 valence electrons. The number of aryl methyl sites for hydroxylation is 1. The number of hydrogen-bond donors (Lipinski definition) is 0. The highest BCUT2D eigenvalue weighted by atomic mass is 16.5. The fourth-order valence-corrected chi connectivity index (χ4v) is 1.00. The Morgan fingerprint density at radius 1 is 1.57 bits per heavy atom. The summed E-state index contributed by atoms with van der Waals surface area (Å²) in [6.07, 6.45) is 0.0992. The van der Waals surface area contributed by atoms with Crippen LogP contribution in [0.4, 0.5) is 0 Å². The van der Waals surface area contributed by atoms with Gasteiger partial charge in [-0.05, 0) is 13.0 Å². The van der Waals surface area contributed by atoms with Crippen LogP contribution in [-0.2, 0) is 23.0 Å². The highest BCUT2D eigenvalue weighted by molar-refractivity contribution is 5.71. The van der Waals surface area contributed by atoms with E-state index in [4.69, 9.17) is 4.74 Å². The molecule has 0 atom stereocenters. The molecule has 1 heterocycles. The molecule has 1 aromatic rings. The van der Waals surface area contributed by atoms with Crippen LogP contribution in [0.2, 0.25) is 0 Å². The second-order valence-corrected chi connectivity index (χ2v) is 2.77. The van der Waals surface area contributed by atoms with Crippen LogP contribution in [0, 0.1) is 0 Å². The number of carbonyl (C=O) groups is 1. The molecular formula is C9H12N2O3. The van der Waals surface area contributed by atoms with Gasteiger partial charge < -0.3 is 4.74 Å². The Kier molecular flexibility index (Phi) is 3.39.